The summed E-state index contributed by atoms with van der Waals surface area (Å²) in [6.07, 6.45) is 1.17. The highest BCUT2D eigenvalue weighted by Crippen LogP contribution is 2.19. The van der Waals surface area contributed by atoms with Crippen molar-refractivity contribution in [1.29, 1.82) is 0 Å². The second-order valence-corrected chi connectivity index (χ2v) is 6.09. The van der Waals surface area contributed by atoms with Gasteiger partial charge in [-0.05, 0) is 47.0 Å². The summed E-state index contributed by atoms with van der Waals surface area (Å²) in [7, 11) is 0. The van der Waals surface area contributed by atoms with Crippen LogP contribution in [0.5, 0.6) is 0 Å². The zero-order valence-corrected chi connectivity index (χ0v) is 12.5. The van der Waals surface area contributed by atoms with Gasteiger partial charge in [-0.3, -0.25) is 4.90 Å². The Morgan fingerprint density at radius 1 is 1.10 bits per heavy atom. The summed E-state index contributed by atoms with van der Waals surface area (Å²) < 4.78 is 0. The summed E-state index contributed by atoms with van der Waals surface area (Å²) in [5.74, 6) is 0. The normalized spacial score (nSPS) is 16.5. The molecular formula is C16H21N3S. The van der Waals surface area contributed by atoms with Crippen LogP contribution in [0.3, 0.4) is 0 Å². The predicted octanol–water partition coefficient (Wildman–Crippen LogP) is 2.70. The average molecular weight is 287 g/mol. The zero-order valence-electron chi connectivity index (χ0n) is 11.7. The first-order valence-electron chi connectivity index (χ1n) is 7.15. The molecule has 0 aliphatic carbocycles. The molecule has 0 radical (unpaired) electrons. The van der Waals surface area contributed by atoms with E-state index in [9.17, 15) is 0 Å². The molecule has 1 aromatic heterocycles. The van der Waals surface area contributed by atoms with E-state index in [1.807, 2.05) is 12.1 Å². The van der Waals surface area contributed by atoms with Gasteiger partial charge in [0.15, 0.2) is 0 Å². The van der Waals surface area contributed by atoms with Crippen molar-refractivity contribution < 1.29 is 0 Å². The Hall–Kier alpha value is -1.52. The van der Waals surface area contributed by atoms with Crippen molar-refractivity contribution in [3.8, 4) is 0 Å². The first kappa shape index (κ1) is 13.5. The van der Waals surface area contributed by atoms with Gasteiger partial charge in [0.2, 0.25) is 0 Å². The second-order valence-electron chi connectivity index (χ2n) is 5.31. The van der Waals surface area contributed by atoms with Crippen molar-refractivity contribution in [2.45, 2.75) is 6.42 Å². The zero-order chi connectivity index (χ0) is 13.8. The number of hydrogen-bond acceptors (Lipinski definition) is 4. The largest absolute Gasteiger partial charge is 0.399 e. The quantitative estimate of drug-likeness (QED) is 0.878. The summed E-state index contributed by atoms with van der Waals surface area (Å²) in [4.78, 5) is 4.98. The lowest BCUT2D eigenvalue weighted by atomic mass is 10.2. The molecule has 1 aliphatic heterocycles. The monoisotopic (exact) mass is 287 g/mol. The Morgan fingerprint density at radius 3 is 2.65 bits per heavy atom. The predicted molar refractivity (Wildman–Crippen MR) is 87.5 cm³/mol. The molecule has 0 amide bonds. The molecule has 2 aromatic rings. The van der Waals surface area contributed by atoms with Crippen molar-refractivity contribution in [2.24, 2.45) is 0 Å². The van der Waals surface area contributed by atoms with Gasteiger partial charge in [-0.15, -0.1) is 0 Å². The number of anilines is 2. The van der Waals surface area contributed by atoms with Crippen LogP contribution in [0.2, 0.25) is 0 Å². The minimum absolute atomic E-state index is 0.849. The molecule has 1 aromatic carbocycles. The fourth-order valence-corrected chi connectivity index (χ4v) is 3.38. The third-order valence-corrected chi connectivity index (χ3v) is 4.64. The number of benzene rings is 1. The summed E-state index contributed by atoms with van der Waals surface area (Å²) >= 11 is 1.79. The van der Waals surface area contributed by atoms with Gasteiger partial charge in [-0.25, -0.2) is 0 Å². The van der Waals surface area contributed by atoms with Crippen molar-refractivity contribution in [2.75, 3.05) is 43.4 Å². The highest BCUT2D eigenvalue weighted by atomic mass is 32.1. The van der Waals surface area contributed by atoms with Gasteiger partial charge in [0.25, 0.3) is 0 Å². The Balaban J connectivity index is 1.49. The lowest BCUT2D eigenvalue weighted by Crippen LogP contribution is -2.47. The fraction of sp³-hybridized carbons (Fsp3) is 0.375. The number of rotatable bonds is 4. The smallest absolute Gasteiger partial charge is 0.0387 e. The van der Waals surface area contributed by atoms with Crippen LogP contribution in [0, 0.1) is 0 Å². The third-order valence-electron chi connectivity index (χ3n) is 3.90. The van der Waals surface area contributed by atoms with E-state index >= 15 is 0 Å². The van der Waals surface area contributed by atoms with E-state index in [1.54, 1.807) is 11.3 Å². The molecule has 20 heavy (non-hydrogen) atoms. The summed E-state index contributed by atoms with van der Waals surface area (Å²) in [5.41, 5.74) is 9.43. The highest BCUT2D eigenvalue weighted by Gasteiger charge is 2.16. The summed E-state index contributed by atoms with van der Waals surface area (Å²) in [6, 6.07) is 10.4. The van der Waals surface area contributed by atoms with E-state index in [1.165, 1.54) is 24.2 Å². The number of nitrogens with zero attached hydrogens (tertiary/aromatic N) is 2. The van der Waals surface area contributed by atoms with Crippen molar-refractivity contribution in [3.05, 3.63) is 46.7 Å². The first-order valence-corrected chi connectivity index (χ1v) is 8.09. The minimum atomic E-state index is 0.849. The van der Waals surface area contributed by atoms with Crippen LogP contribution in [0.15, 0.2) is 41.1 Å². The molecule has 2 heterocycles. The molecule has 0 bridgehead atoms. The molecule has 3 nitrogen and oxygen atoms in total. The molecule has 0 unspecified atom stereocenters. The summed E-state index contributed by atoms with van der Waals surface area (Å²) in [5, 5.41) is 4.41. The third kappa shape index (κ3) is 3.32. The maximum atomic E-state index is 5.86. The van der Waals surface area contributed by atoms with Crippen LogP contribution in [0.1, 0.15) is 5.56 Å². The molecule has 0 atom stereocenters. The Labute approximate surface area is 124 Å². The lowest BCUT2D eigenvalue weighted by molar-refractivity contribution is 0.261. The number of hydrogen-bond donors (Lipinski definition) is 1. The minimum Gasteiger partial charge on any atom is -0.399 e. The van der Waals surface area contributed by atoms with Crippen LogP contribution in [0.25, 0.3) is 0 Å². The molecule has 1 fully saturated rings. The van der Waals surface area contributed by atoms with E-state index < -0.39 is 0 Å². The standard InChI is InChI=1S/C16H21N3S/c17-15-2-1-3-16(12-15)19-9-7-18(8-10-19)6-4-14-5-11-20-13-14/h1-3,5,11-13H,4,6-10,17H2. The van der Waals surface area contributed by atoms with E-state index in [-0.39, 0.29) is 0 Å². The second kappa shape index (κ2) is 6.29. The molecule has 3 rings (SSSR count). The van der Waals surface area contributed by atoms with Gasteiger partial charge in [0.1, 0.15) is 0 Å². The summed E-state index contributed by atoms with van der Waals surface area (Å²) in [6.45, 7) is 5.62. The van der Waals surface area contributed by atoms with Gasteiger partial charge in [0.05, 0.1) is 0 Å². The Kier molecular flexibility index (Phi) is 4.23. The van der Waals surface area contributed by atoms with Gasteiger partial charge < -0.3 is 10.6 Å². The number of nitrogens with two attached hydrogens (primary N) is 1. The number of piperazine rings is 1. The molecule has 1 aliphatic rings. The molecule has 2 N–H and O–H groups in total. The number of nitrogen functional groups attached to an aromatic ring is 1. The maximum Gasteiger partial charge on any atom is 0.0387 e. The Bertz CT molecular complexity index is 530. The molecule has 4 heteroatoms. The van der Waals surface area contributed by atoms with Crippen molar-refractivity contribution >= 4 is 22.7 Å². The van der Waals surface area contributed by atoms with E-state index in [0.29, 0.717) is 0 Å². The van der Waals surface area contributed by atoms with Crippen LogP contribution < -0.4 is 10.6 Å². The van der Waals surface area contributed by atoms with Crippen LogP contribution in [0.4, 0.5) is 11.4 Å². The fourth-order valence-electron chi connectivity index (χ4n) is 2.67. The van der Waals surface area contributed by atoms with Gasteiger partial charge in [-0.2, -0.15) is 11.3 Å². The highest BCUT2D eigenvalue weighted by molar-refractivity contribution is 7.07. The van der Waals surface area contributed by atoms with Crippen LogP contribution in [-0.2, 0) is 6.42 Å². The Morgan fingerprint density at radius 2 is 1.95 bits per heavy atom. The molecular weight excluding hydrogens is 266 g/mol. The number of thiophene rings is 1. The van der Waals surface area contributed by atoms with Crippen molar-refractivity contribution in [3.63, 3.8) is 0 Å². The topological polar surface area (TPSA) is 32.5 Å². The average Bonchev–Trinajstić information content (AvgIpc) is 2.99. The lowest BCUT2D eigenvalue weighted by Gasteiger charge is -2.36. The van der Waals surface area contributed by atoms with Crippen molar-refractivity contribution in [1.82, 2.24) is 4.90 Å². The van der Waals surface area contributed by atoms with E-state index in [4.69, 9.17) is 5.73 Å². The van der Waals surface area contributed by atoms with E-state index in [2.05, 4.69) is 38.8 Å². The van der Waals surface area contributed by atoms with Gasteiger partial charge in [-0.1, -0.05) is 6.07 Å². The maximum absolute atomic E-state index is 5.86. The van der Waals surface area contributed by atoms with Crippen LogP contribution >= 0.6 is 11.3 Å². The molecule has 0 spiro atoms. The first-order chi connectivity index (χ1) is 9.81. The van der Waals surface area contributed by atoms with E-state index in [0.717, 1.165) is 31.9 Å². The molecule has 0 saturated carbocycles. The van der Waals surface area contributed by atoms with Gasteiger partial charge >= 0.3 is 0 Å². The van der Waals surface area contributed by atoms with Crippen LogP contribution in [-0.4, -0.2) is 37.6 Å². The SMILES string of the molecule is Nc1cccc(N2CCN(CCc3ccsc3)CC2)c1. The van der Waals surface area contributed by atoms with Gasteiger partial charge in [0, 0.05) is 44.1 Å². The molecule has 106 valence electrons. The molecule has 1 saturated heterocycles.